The summed E-state index contributed by atoms with van der Waals surface area (Å²) in [4.78, 5) is 2.56. The fourth-order valence-corrected chi connectivity index (χ4v) is 11.1. The first kappa shape index (κ1) is 40.1. The third-order valence-corrected chi connectivity index (χ3v) is 14.7. The molecule has 322 valence electrons. The van der Waals surface area contributed by atoms with Crippen molar-refractivity contribution < 1.29 is 4.42 Å². The Kier molecular flexibility index (Phi) is 8.07. The predicted octanol–water partition coefficient (Wildman–Crippen LogP) is 15.2. The number of nitrogens with zero attached hydrogens (tertiary/aromatic N) is 3. The molecule has 5 heterocycles. The summed E-state index contributed by atoms with van der Waals surface area (Å²) in [6.45, 7) is 27.7. The molecule has 4 nitrogen and oxygen atoms in total. The molecule has 0 amide bonds. The number of hydrogen-bond acceptors (Lipinski definition) is 2. The van der Waals surface area contributed by atoms with Gasteiger partial charge in [0.25, 0.3) is 0 Å². The fraction of sp³-hybridized carbons (Fsp3) is 0.267. The Morgan fingerprint density at radius 2 is 1.02 bits per heavy atom. The van der Waals surface area contributed by atoms with Crippen molar-refractivity contribution in [3.05, 3.63) is 156 Å². The molecule has 10 aromatic rings. The summed E-state index contributed by atoms with van der Waals surface area (Å²) < 4.78 is 12.7. The second-order valence-corrected chi connectivity index (χ2v) is 23.1. The molecule has 0 unspecified atom stereocenters. The van der Waals surface area contributed by atoms with E-state index in [1.165, 1.54) is 88.1 Å². The van der Waals surface area contributed by atoms with E-state index in [9.17, 15) is 0 Å². The van der Waals surface area contributed by atoms with Crippen LogP contribution >= 0.6 is 0 Å². The van der Waals surface area contributed by atoms with Crippen molar-refractivity contribution in [2.24, 2.45) is 0 Å². The molecule has 0 N–H and O–H groups in total. The average molecular weight is 848 g/mol. The average Bonchev–Trinajstić information content (AvgIpc) is 3.92. The minimum absolute atomic E-state index is 0.0226. The van der Waals surface area contributed by atoms with Gasteiger partial charge in [0.05, 0.1) is 22.2 Å². The molecule has 12 rings (SSSR count). The van der Waals surface area contributed by atoms with Gasteiger partial charge in [-0.25, -0.2) is 0 Å². The number of anilines is 3. The fourth-order valence-electron chi connectivity index (χ4n) is 11.1. The van der Waals surface area contributed by atoms with Crippen molar-refractivity contribution in [1.82, 2.24) is 9.05 Å². The van der Waals surface area contributed by atoms with Gasteiger partial charge in [-0.2, -0.15) is 0 Å². The van der Waals surface area contributed by atoms with Crippen LogP contribution < -0.4 is 16.0 Å². The molecule has 0 radical (unpaired) electrons. The summed E-state index contributed by atoms with van der Waals surface area (Å²) in [7, 11) is 0. The van der Waals surface area contributed by atoms with Gasteiger partial charge in [0.2, 0.25) is 0 Å². The summed E-state index contributed by atoms with van der Waals surface area (Å²) in [5.41, 5.74) is 20.3. The Bertz CT molecular complexity index is 3630. The number of hydrogen-bond donors (Lipinski definition) is 0. The van der Waals surface area contributed by atoms with Crippen LogP contribution in [0, 0.1) is 0 Å². The summed E-state index contributed by atoms with van der Waals surface area (Å²) >= 11 is 0. The van der Waals surface area contributed by atoms with E-state index in [0.29, 0.717) is 0 Å². The van der Waals surface area contributed by atoms with Crippen LogP contribution in [0.15, 0.2) is 138 Å². The quantitative estimate of drug-likeness (QED) is 0.162. The Morgan fingerprint density at radius 1 is 0.431 bits per heavy atom. The molecule has 5 heteroatoms. The van der Waals surface area contributed by atoms with Gasteiger partial charge in [0, 0.05) is 55.1 Å². The van der Waals surface area contributed by atoms with Gasteiger partial charge in [-0.15, -0.1) is 0 Å². The lowest BCUT2D eigenvalue weighted by atomic mass is 9.47. The van der Waals surface area contributed by atoms with E-state index in [1.54, 1.807) is 0 Å². The van der Waals surface area contributed by atoms with Crippen LogP contribution in [0.3, 0.4) is 0 Å². The van der Waals surface area contributed by atoms with Crippen LogP contribution in [0.2, 0.25) is 0 Å². The van der Waals surface area contributed by atoms with Gasteiger partial charge in [0.15, 0.2) is 0 Å². The number of fused-ring (bicyclic) bond motifs is 13. The zero-order valence-corrected chi connectivity index (χ0v) is 40.0. The molecule has 2 aliphatic rings. The third kappa shape index (κ3) is 5.70. The molecule has 0 atom stereocenters. The van der Waals surface area contributed by atoms with Crippen molar-refractivity contribution in [3.63, 3.8) is 0 Å². The maximum absolute atomic E-state index is 7.49. The van der Waals surface area contributed by atoms with Crippen molar-refractivity contribution in [2.45, 2.75) is 105 Å². The number of furan rings is 1. The highest BCUT2D eigenvalue weighted by atomic mass is 16.3. The SMILES string of the molecule is CC(C)(C)c1ccc(N2c3cc(C(C)(C)C)cc4c3B(c3oc5ccc(C(C)(C)C)cc5c32)n2c3c-4cc(C(C)(C)C)cc3c3ccc4c5ccccc5n(-c5ccccc5)c4c32)cc1. The van der Waals surface area contributed by atoms with Crippen LogP contribution in [0.5, 0.6) is 0 Å². The molecular weight excluding hydrogens is 789 g/mol. The first-order valence-electron chi connectivity index (χ1n) is 23.6. The second kappa shape index (κ2) is 13.1. The van der Waals surface area contributed by atoms with E-state index in [2.05, 4.69) is 230 Å². The lowest BCUT2D eigenvalue weighted by Crippen LogP contribution is -2.56. The molecule has 0 bridgehead atoms. The van der Waals surface area contributed by atoms with Crippen molar-refractivity contribution in [1.29, 1.82) is 0 Å². The number of rotatable bonds is 2. The maximum Gasteiger partial charge on any atom is 0.376 e. The number of para-hydroxylation sites is 2. The first-order chi connectivity index (χ1) is 30.8. The van der Waals surface area contributed by atoms with Gasteiger partial charge in [-0.3, -0.25) is 0 Å². The van der Waals surface area contributed by atoms with E-state index in [1.807, 2.05) is 0 Å². The molecule has 3 aromatic heterocycles. The van der Waals surface area contributed by atoms with E-state index in [0.717, 1.165) is 33.7 Å². The summed E-state index contributed by atoms with van der Waals surface area (Å²) in [6.07, 6.45) is 0. The Balaban J connectivity index is 1.32. The standard InChI is InChI=1S/C60H58BN3O/c1-57(2,3)35-22-25-40(26-23-35)63-49-34-38(60(10,11)12)31-44-46-33-37(59(7,8)9)32-45-43-28-27-42-41-20-16-17-21-48(41)62(39-18-14-13-15-19-39)53(42)54(43)64(52(45)46)61(51(44)49)56-55(63)47-30-36(58(4,5)6)24-29-50(47)65-56/h13-34H,1-12H3. The summed E-state index contributed by atoms with van der Waals surface area (Å²) in [6, 6.07) is 51.0. The minimum Gasteiger partial charge on any atom is -0.466 e. The highest BCUT2D eigenvalue weighted by Gasteiger charge is 2.48. The lowest BCUT2D eigenvalue weighted by molar-refractivity contribution is 0.589. The van der Waals surface area contributed by atoms with Crippen LogP contribution in [0.4, 0.5) is 17.1 Å². The van der Waals surface area contributed by atoms with Crippen LogP contribution in [0.25, 0.3) is 71.4 Å². The van der Waals surface area contributed by atoms with Crippen LogP contribution in [0.1, 0.15) is 105 Å². The molecule has 7 aromatic carbocycles. The highest BCUT2D eigenvalue weighted by molar-refractivity contribution is 6.89. The van der Waals surface area contributed by atoms with Crippen molar-refractivity contribution >= 4 is 89.6 Å². The molecule has 0 fully saturated rings. The van der Waals surface area contributed by atoms with Crippen molar-refractivity contribution in [2.75, 3.05) is 4.90 Å². The third-order valence-electron chi connectivity index (χ3n) is 14.7. The van der Waals surface area contributed by atoms with Crippen LogP contribution in [-0.2, 0) is 21.7 Å². The van der Waals surface area contributed by atoms with Gasteiger partial charge < -0.3 is 18.4 Å². The summed E-state index contributed by atoms with van der Waals surface area (Å²) in [5, 5.41) is 6.19. The van der Waals surface area contributed by atoms with E-state index >= 15 is 0 Å². The first-order valence-corrected chi connectivity index (χ1v) is 23.6. The van der Waals surface area contributed by atoms with E-state index < -0.39 is 0 Å². The number of benzene rings is 7. The molecule has 0 saturated carbocycles. The zero-order chi connectivity index (χ0) is 45.3. The Labute approximate surface area is 383 Å². The molecule has 0 aliphatic carbocycles. The van der Waals surface area contributed by atoms with Gasteiger partial charge in [-0.1, -0.05) is 156 Å². The van der Waals surface area contributed by atoms with Crippen LogP contribution in [-0.4, -0.2) is 15.9 Å². The Hall–Kier alpha value is -6.46. The van der Waals surface area contributed by atoms with E-state index in [4.69, 9.17) is 4.42 Å². The zero-order valence-electron chi connectivity index (χ0n) is 40.0. The Morgan fingerprint density at radius 3 is 1.69 bits per heavy atom. The molecule has 65 heavy (non-hydrogen) atoms. The monoisotopic (exact) mass is 847 g/mol. The number of aromatic nitrogens is 2. The largest absolute Gasteiger partial charge is 0.466 e. The lowest BCUT2D eigenvalue weighted by Gasteiger charge is -2.40. The van der Waals surface area contributed by atoms with Crippen molar-refractivity contribution in [3.8, 4) is 16.8 Å². The molecule has 2 aliphatic heterocycles. The topological polar surface area (TPSA) is 26.2 Å². The maximum atomic E-state index is 7.49. The second-order valence-electron chi connectivity index (χ2n) is 23.1. The molecular formula is C60H58BN3O. The highest BCUT2D eigenvalue weighted by Crippen LogP contribution is 2.52. The smallest absolute Gasteiger partial charge is 0.376 e. The minimum atomic E-state index is -0.250. The normalized spacial score (nSPS) is 14.1. The van der Waals surface area contributed by atoms with Gasteiger partial charge >= 0.3 is 6.85 Å². The van der Waals surface area contributed by atoms with E-state index in [-0.39, 0.29) is 28.5 Å². The predicted molar refractivity (Wildman–Crippen MR) is 279 cm³/mol. The van der Waals surface area contributed by atoms with Gasteiger partial charge in [-0.05, 0) is 116 Å². The molecule has 0 saturated heterocycles. The summed E-state index contributed by atoms with van der Waals surface area (Å²) in [5.74, 6) is 0. The van der Waals surface area contributed by atoms with Gasteiger partial charge in [0.1, 0.15) is 11.2 Å². The molecule has 0 spiro atoms.